The van der Waals surface area contributed by atoms with Gasteiger partial charge in [0.2, 0.25) is 6.71 Å². The number of anilines is 1. The van der Waals surface area contributed by atoms with Crippen molar-refractivity contribution >= 4 is 63.9 Å². The van der Waals surface area contributed by atoms with E-state index in [0.29, 0.717) is 0 Å². The standard InChI is InChI=1S/C51H45BN6Si/c1-55-31-32-56(36-55)42-24-16-21-39(33-42)52(40-27-28-45-44-25-14-15-26-46(44)57(47(45)34-40)48-35-43(29-30-53-48)59(2,3)4)49-50(37-17-8-5-9-18-37)54-58(41-22-12-7-13-23-41)51(49)38-19-10-6-11-20-38/h5-35H,36H2,1-4H3. The number of pyridine rings is 1. The summed E-state index contributed by atoms with van der Waals surface area (Å²) in [5.74, 6) is 0.948. The van der Waals surface area contributed by atoms with Crippen LogP contribution in [0.4, 0.5) is 5.69 Å². The Morgan fingerprint density at radius 1 is 0.576 bits per heavy atom. The van der Waals surface area contributed by atoms with E-state index in [0.717, 1.165) is 62.9 Å². The van der Waals surface area contributed by atoms with E-state index in [4.69, 9.17) is 10.1 Å². The maximum absolute atomic E-state index is 5.58. The van der Waals surface area contributed by atoms with Crippen LogP contribution in [0, 0.1) is 0 Å². The Bertz CT molecular complexity index is 2990. The third-order valence-corrected chi connectivity index (χ3v) is 13.6. The van der Waals surface area contributed by atoms with Crippen LogP contribution in [0.3, 0.4) is 0 Å². The SMILES string of the molecule is CN1C=CN(c2cccc(B(c3ccc4c5ccccc5n(-c5cc([Si](C)(C)C)ccn5)c4c3)c3c(-c4ccccc4)nn(-c4ccccc4)c3-c3ccccc3)c2)C1. The fraction of sp³-hybridized carbons (Fsp3) is 0.0980. The van der Waals surface area contributed by atoms with Gasteiger partial charge in [-0.15, -0.1) is 0 Å². The quantitative estimate of drug-likeness (QED) is 0.137. The molecule has 0 aliphatic carbocycles. The highest BCUT2D eigenvalue weighted by molar-refractivity contribution is 6.97. The Kier molecular flexibility index (Phi) is 9.14. The minimum Gasteiger partial charge on any atom is -0.361 e. The van der Waals surface area contributed by atoms with Gasteiger partial charge >= 0.3 is 0 Å². The average molecular weight is 781 g/mol. The van der Waals surface area contributed by atoms with E-state index in [1.54, 1.807) is 0 Å². The van der Waals surface area contributed by atoms with Crippen LogP contribution in [-0.4, -0.2) is 52.7 Å². The molecule has 1 aliphatic heterocycles. The molecule has 0 N–H and O–H groups in total. The van der Waals surface area contributed by atoms with Gasteiger partial charge in [0.05, 0.1) is 42.9 Å². The highest BCUT2D eigenvalue weighted by atomic mass is 28.3. The molecular formula is C51H45BN6Si. The first-order valence-electron chi connectivity index (χ1n) is 20.4. The Morgan fingerprint density at radius 3 is 1.97 bits per heavy atom. The van der Waals surface area contributed by atoms with Crippen molar-refractivity contribution in [2.24, 2.45) is 0 Å². The number of aromatic nitrogens is 4. The predicted octanol–water partition coefficient (Wildman–Crippen LogP) is 8.94. The monoisotopic (exact) mass is 780 g/mol. The lowest BCUT2D eigenvalue weighted by Gasteiger charge is -2.23. The van der Waals surface area contributed by atoms with Crippen molar-refractivity contribution in [2.45, 2.75) is 19.6 Å². The van der Waals surface area contributed by atoms with Crippen molar-refractivity contribution in [1.82, 2.24) is 24.2 Å². The predicted molar refractivity (Wildman–Crippen MR) is 251 cm³/mol. The third kappa shape index (κ3) is 6.65. The zero-order valence-corrected chi connectivity index (χ0v) is 34.9. The van der Waals surface area contributed by atoms with Gasteiger partial charge < -0.3 is 9.80 Å². The number of para-hydroxylation sites is 2. The summed E-state index contributed by atoms with van der Waals surface area (Å²) in [4.78, 5) is 9.56. The molecule has 4 heterocycles. The molecule has 6 aromatic carbocycles. The van der Waals surface area contributed by atoms with Gasteiger partial charge in [-0.25, -0.2) is 9.67 Å². The maximum atomic E-state index is 5.58. The first-order chi connectivity index (χ1) is 28.8. The Balaban J connectivity index is 1.31. The van der Waals surface area contributed by atoms with Gasteiger partial charge in [0.15, 0.2) is 0 Å². The number of fused-ring (bicyclic) bond motifs is 3. The molecule has 3 aromatic heterocycles. The molecule has 0 amide bonds. The van der Waals surface area contributed by atoms with Crippen molar-refractivity contribution in [3.63, 3.8) is 0 Å². The molecule has 0 saturated carbocycles. The molecule has 6 nitrogen and oxygen atoms in total. The summed E-state index contributed by atoms with van der Waals surface area (Å²) in [6.45, 7) is 7.78. The van der Waals surface area contributed by atoms with Crippen molar-refractivity contribution in [3.05, 3.63) is 188 Å². The van der Waals surface area contributed by atoms with E-state index in [1.165, 1.54) is 26.9 Å². The molecule has 1 aliphatic rings. The number of hydrogen-bond acceptors (Lipinski definition) is 4. The van der Waals surface area contributed by atoms with Crippen molar-refractivity contribution in [1.29, 1.82) is 0 Å². The number of nitrogens with zero attached hydrogens (tertiary/aromatic N) is 6. The van der Waals surface area contributed by atoms with E-state index >= 15 is 0 Å². The number of benzene rings is 6. The molecular weight excluding hydrogens is 736 g/mol. The molecule has 0 spiro atoms. The minimum atomic E-state index is -1.63. The van der Waals surface area contributed by atoms with Crippen molar-refractivity contribution in [3.8, 4) is 34.0 Å². The fourth-order valence-corrected chi connectivity index (χ4v) is 9.81. The highest BCUT2D eigenvalue weighted by Gasteiger charge is 2.34. The van der Waals surface area contributed by atoms with E-state index in [2.05, 4.69) is 228 Å². The van der Waals surface area contributed by atoms with Gasteiger partial charge in [-0.1, -0.05) is 157 Å². The second-order valence-electron chi connectivity index (χ2n) is 16.6. The molecule has 9 aromatic rings. The van der Waals surface area contributed by atoms with Crippen molar-refractivity contribution < 1.29 is 0 Å². The summed E-state index contributed by atoms with van der Waals surface area (Å²) in [5.41, 5.74) is 12.2. The Hall–Kier alpha value is -6.90. The molecule has 0 saturated heterocycles. The normalized spacial score (nSPS) is 12.9. The first-order valence-corrected chi connectivity index (χ1v) is 23.9. The number of rotatable bonds is 9. The molecule has 0 unspecified atom stereocenters. The van der Waals surface area contributed by atoms with Gasteiger partial charge in [-0.2, -0.15) is 5.10 Å². The van der Waals surface area contributed by atoms with Crippen LogP contribution in [0.1, 0.15) is 0 Å². The van der Waals surface area contributed by atoms with Crippen LogP contribution in [-0.2, 0) is 0 Å². The smallest absolute Gasteiger partial charge is 0.247 e. The summed E-state index contributed by atoms with van der Waals surface area (Å²) < 4.78 is 4.53. The van der Waals surface area contributed by atoms with Crippen molar-refractivity contribution in [2.75, 3.05) is 18.6 Å². The minimum absolute atomic E-state index is 0.209. The molecule has 0 fully saturated rings. The molecule has 10 rings (SSSR count). The summed E-state index contributed by atoms with van der Waals surface area (Å²) in [5, 5.41) is 9.38. The van der Waals surface area contributed by atoms with Gasteiger partial charge in [0, 0.05) is 47.7 Å². The maximum Gasteiger partial charge on any atom is 0.247 e. The van der Waals surface area contributed by atoms with E-state index in [1.807, 2.05) is 6.20 Å². The van der Waals surface area contributed by atoms with Gasteiger partial charge in [-0.05, 0) is 59.6 Å². The average Bonchev–Trinajstić information content (AvgIpc) is 3.98. The summed E-state index contributed by atoms with van der Waals surface area (Å²) in [7, 11) is 0.485. The number of hydrogen-bond donors (Lipinski definition) is 0. The summed E-state index contributed by atoms with van der Waals surface area (Å²) >= 11 is 0. The van der Waals surface area contributed by atoms with E-state index < -0.39 is 8.07 Å². The van der Waals surface area contributed by atoms with Crippen LogP contribution < -0.4 is 26.5 Å². The molecule has 0 radical (unpaired) electrons. The third-order valence-electron chi connectivity index (χ3n) is 11.6. The van der Waals surface area contributed by atoms with Crippen LogP contribution in [0.2, 0.25) is 19.6 Å². The lowest BCUT2D eigenvalue weighted by atomic mass is 9.36. The molecule has 0 bridgehead atoms. The topological polar surface area (TPSA) is 42.1 Å². The zero-order chi connectivity index (χ0) is 40.1. The summed E-state index contributed by atoms with van der Waals surface area (Å²) in [6, 6.07) is 61.4. The van der Waals surface area contributed by atoms with E-state index in [-0.39, 0.29) is 6.71 Å². The first kappa shape index (κ1) is 36.4. The second-order valence-corrected chi connectivity index (χ2v) is 21.6. The van der Waals surface area contributed by atoms with Gasteiger partial charge in [0.25, 0.3) is 0 Å². The fourth-order valence-electron chi connectivity index (χ4n) is 8.67. The lowest BCUT2D eigenvalue weighted by molar-refractivity contribution is 0.496. The molecule has 0 atom stereocenters. The molecule has 286 valence electrons. The van der Waals surface area contributed by atoms with Crippen LogP contribution in [0.15, 0.2) is 188 Å². The Morgan fingerprint density at radius 2 is 1.24 bits per heavy atom. The van der Waals surface area contributed by atoms with Gasteiger partial charge in [0.1, 0.15) is 5.82 Å². The van der Waals surface area contributed by atoms with Crippen LogP contribution in [0.25, 0.3) is 55.8 Å². The molecule has 8 heteroatoms. The highest BCUT2D eigenvalue weighted by Crippen LogP contribution is 2.33. The van der Waals surface area contributed by atoms with E-state index in [9.17, 15) is 0 Å². The molecule has 59 heavy (non-hydrogen) atoms. The second kappa shape index (κ2) is 14.8. The zero-order valence-electron chi connectivity index (χ0n) is 33.9. The van der Waals surface area contributed by atoms with Crippen LogP contribution >= 0.6 is 0 Å². The largest absolute Gasteiger partial charge is 0.361 e. The van der Waals surface area contributed by atoms with Crippen LogP contribution in [0.5, 0.6) is 0 Å². The summed E-state index contributed by atoms with van der Waals surface area (Å²) in [6.07, 6.45) is 6.29. The van der Waals surface area contributed by atoms with Gasteiger partial charge in [-0.3, -0.25) is 4.57 Å². The lowest BCUT2D eigenvalue weighted by Crippen LogP contribution is -2.53. The Labute approximate surface area is 347 Å².